The fraction of sp³-hybridized carbons (Fsp3) is 0.615. The molecule has 1 amide bonds. The highest BCUT2D eigenvalue weighted by Crippen LogP contribution is 2.15. The van der Waals surface area contributed by atoms with E-state index < -0.39 is 22.0 Å². The Morgan fingerprint density at radius 3 is 2.43 bits per heavy atom. The van der Waals surface area contributed by atoms with Gasteiger partial charge < -0.3 is 10.0 Å². The van der Waals surface area contributed by atoms with Crippen LogP contribution in [0.5, 0.6) is 0 Å². The van der Waals surface area contributed by atoms with Gasteiger partial charge in [0, 0.05) is 32.4 Å². The van der Waals surface area contributed by atoms with E-state index in [1.54, 1.807) is 6.92 Å². The SMILES string of the molecule is CCS(=O)(=O)N1CCN(C(=O)c2ccnn2C(C)C(=O)O)CC1. The fourth-order valence-corrected chi connectivity index (χ4v) is 3.50. The fourth-order valence-electron chi connectivity index (χ4n) is 2.41. The molecular weight excluding hydrogens is 324 g/mol. The third-order valence-corrected chi connectivity index (χ3v) is 5.78. The molecule has 1 saturated heterocycles. The molecule has 1 atom stereocenters. The number of hydrogen-bond acceptors (Lipinski definition) is 5. The summed E-state index contributed by atoms with van der Waals surface area (Å²) in [6.07, 6.45) is 1.38. The van der Waals surface area contributed by atoms with E-state index in [0.717, 1.165) is 0 Å². The van der Waals surface area contributed by atoms with Crippen molar-refractivity contribution >= 4 is 21.9 Å². The van der Waals surface area contributed by atoms with Crippen molar-refractivity contribution in [2.75, 3.05) is 31.9 Å². The van der Waals surface area contributed by atoms with Gasteiger partial charge in [-0.15, -0.1) is 0 Å². The summed E-state index contributed by atoms with van der Waals surface area (Å²) in [6, 6.07) is 0.516. The highest BCUT2D eigenvalue weighted by atomic mass is 32.2. The number of nitrogens with zero attached hydrogens (tertiary/aromatic N) is 4. The maximum atomic E-state index is 12.5. The van der Waals surface area contributed by atoms with Gasteiger partial charge in [-0.25, -0.2) is 17.9 Å². The van der Waals surface area contributed by atoms with Crippen molar-refractivity contribution in [3.05, 3.63) is 18.0 Å². The molecule has 23 heavy (non-hydrogen) atoms. The summed E-state index contributed by atoms with van der Waals surface area (Å²) in [7, 11) is -3.26. The van der Waals surface area contributed by atoms with Crippen LogP contribution in [0.2, 0.25) is 0 Å². The minimum Gasteiger partial charge on any atom is -0.480 e. The lowest BCUT2D eigenvalue weighted by Gasteiger charge is -2.33. The van der Waals surface area contributed by atoms with Gasteiger partial charge in [-0.2, -0.15) is 9.40 Å². The smallest absolute Gasteiger partial charge is 0.328 e. The Bertz CT molecular complexity index is 691. The van der Waals surface area contributed by atoms with E-state index in [2.05, 4.69) is 5.10 Å². The number of aromatic nitrogens is 2. The Morgan fingerprint density at radius 1 is 1.30 bits per heavy atom. The van der Waals surface area contributed by atoms with Gasteiger partial charge in [-0.3, -0.25) is 4.79 Å². The molecule has 10 heteroatoms. The zero-order valence-electron chi connectivity index (χ0n) is 13.0. The van der Waals surface area contributed by atoms with Crippen LogP contribution >= 0.6 is 0 Å². The Morgan fingerprint density at radius 2 is 1.91 bits per heavy atom. The molecule has 2 heterocycles. The topological polar surface area (TPSA) is 113 Å². The predicted octanol–water partition coefficient (Wildman–Crippen LogP) is -0.364. The van der Waals surface area contributed by atoms with Crippen LogP contribution in [-0.4, -0.2) is 76.3 Å². The van der Waals surface area contributed by atoms with Crippen molar-refractivity contribution in [1.82, 2.24) is 19.0 Å². The molecule has 2 rings (SSSR count). The molecule has 1 aromatic rings. The maximum Gasteiger partial charge on any atom is 0.328 e. The van der Waals surface area contributed by atoms with Crippen LogP contribution in [0.15, 0.2) is 12.3 Å². The molecule has 1 N–H and O–H groups in total. The minimum atomic E-state index is -3.26. The van der Waals surface area contributed by atoms with Gasteiger partial charge in [0.05, 0.1) is 5.75 Å². The summed E-state index contributed by atoms with van der Waals surface area (Å²) in [5.74, 6) is -1.39. The molecule has 0 bridgehead atoms. The molecule has 1 aliphatic heterocycles. The second kappa shape index (κ2) is 6.67. The minimum absolute atomic E-state index is 0.0316. The molecule has 0 aliphatic carbocycles. The van der Waals surface area contributed by atoms with E-state index in [4.69, 9.17) is 5.11 Å². The van der Waals surface area contributed by atoms with Crippen molar-refractivity contribution in [2.45, 2.75) is 19.9 Å². The number of amides is 1. The van der Waals surface area contributed by atoms with E-state index in [0.29, 0.717) is 0 Å². The summed E-state index contributed by atoms with van der Waals surface area (Å²) >= 11 is 0. The van der Waals surface area contributed by atoms with Gasteiger partial charge in [0.25, 0.3) is 5.91 Å². The summed E-state index contributed by atoms with van der Waals surface area (Å²) in [5.41, 5.74) is 0.187. The number of aliphatic carboxylic acids is 1. The second-order valence-electron chi connectivity index (χ2n) is 5.27. The predicted molar refractivity (Wildman–Crippen MR) is 81.5 cm³/mol. The van der Waals surface area contributed by atoms with Crippen LogP contribution in [0.4, 0.5) is 0 Å². The summed E-state index contributed by atoms with van der Waals surface area (Å²) < 4.78 is 26.2. The van der Waals surface area contributed by atoms with Crippen LogP contribution in [0.1, 0.15) is 30.4 Å². The molecule has 1 aromatic heterocycles. The molecule has 128 valence electrons. The molecule has 1 fully saturated rings. The molecular formula is C13H20N4O5S. The van der Waals surface area contributed by atoms with E-state index >= 15 is 0 Å². The molecule has 1 unspecified atom stereocenters. The third-order valence-electron chi connectivity index (χ3n) is 3.90. The molecule has 9 nitrogen and oxygen atoms in total. The van der Waals surface area contributed by atoms with Gasteiger partial charge in [0.1, 0.15) is 11.7 Å². The van der Waals surface area contributed by atoms with Crippen LogP contribution in [0.25, 0.3) is 0 Å². The van der Waals surface area contributed by atoms with Gasteiger partial charge >= 0.3 is 5.97 Å². The van der Waals surface area contributed by atoms with E-state index in [1.807, 2.05) is 0 Å². The summed E-state index contributed by atoms with van der Waals surface area (Å²) in [4.78, 5) is 25.1. The number of rotatable bonds is 5. The van der Waals surface area contributed by atoms with Gasteiger partial charge in [0.15, 0.2) is 0 Å². The first-order valence-electron chi connectivity index (χ1n) is 7.31. The quantitative estimate of drug-likeness (QED) is 0.780. The van der Waals surface area contributed by atoms with Gasteiger partial charge in [0.2, 0.25) is 10.0 Å². The number of sulfonamides is 1. The third kappa shape index (κ3) is 3.53. The van der Waals surface area contributed by atoms with Crippen LogP contribution in [0, 0.1) is 0 Å². The van der Waals surface area contributed by atoms with Crippen molar-refractivity contribution in [2.24, 2.45) is 0 Å². The number of carbonyl (C=O) groups excluding carboxylic acids is 1. The second-order valence-corrected chi connectivity index (χ2v) is 7.52. The van der Waals surface area contributed by atoms with E-state index in [9.17, 15) is 18.0 Å². The summed E-state index contributed by atoms with van der Waals surface area (Å²) in [5, 5.41) is 13.0. The van der Waals surface area contributed by atoms with E-state index in [-0.39, 0.29) is 43.5 Å². The van der Waals surface area contributed by atoms with Crippen molar-refractivity contribution in [1.29, 1.82) is 0 Å². The average Bonchev–Trinajstić information content (AvgIpc) is 3.02. The average molecular weight is 344 g/mol. The molecule has 0 saturated carbocycles. The normalized spacial score (nSPS) is 17.9. The summed E-state index contributed by atoms with van der Waals surface area (Å²) in [6.45, 7) is 4.04. The van der Waals surface area contributed by atoms with Crippen molar-refractivity contribution in [3.8, 4) is 0 Å². The van der Waals surface area contributed by atoms with Crippen LogP contribution < -0.4 is 0 Å². The molecule has 0 spiro atoms. The van der Waals surface area contributed by atoms with Crippen molar-refractivity contribution < 1.29 is 23.1 Å². The Balaban J connectivity index is 2.10. The van der Waals surface area contributed by atoms with Crippen LogP contribution in [0.3, 0.4) is 0 Å². The highest BCUT2D eigenvalue weighted by molar-refractivity contribution is 7.89. The first kappa shape index (κ1) is 17.4. The number of carboxylic acids is 1. The highest BCUT2D eigenvalue weighted by Gasteiger charge is 2.30. The van der Waals surface area contributed by atoms with E-state index in [1.165, 1.54) is 33.1 Å². The monoisotopic (exact) mass is 344 g/mol. The van der Waals surface area contributed by atoms with Gasteiger partial charge in [-0.05, 0) is 19.9 Å². The Labute approximate surface area is 134 Å². The van der Waals surface area contributed by atoms with Crippen molar-refractivity contribution in [3.63, 3.8) is 0 Å². The first-order valence-corrected chi connectivity index (χ1v) is 8.92. The Kier molecular flexibility index (Phi) is 5.05. The first-order chi connectivity index (χ1) is 10.8. The zero-order chi connectivity index (χ0) is 17.2. The largest absolute Gasteiger partial charge is 0.480 e. The molecule has 0 aromatic carbocycles. The molecule has 1 aliphatic rings. The number of carboxylic acid groups (broad SMARTS) is 1. The Hall–Kier alpha value is -1.94. The lowest BCUT2D eigenvalue weighted by atomic mass is 10.2. The zero-order valence-corrected chi connectivity index (χ0v) is 13.9. The molecule has 0 radical (unpaired) electrons. The lowest BCUT2D eigenvalue weighted by molar-refractivity contribution is -0.140. The van der Waals surface area contributed by atoms with Gasteiger partial charge in [-0.1, -0.05) is 0 Å². The standard InChI is InChI=1S/C13H20N4O5S/c1-3-23(21,22)16-8-6-15(7-9-16)12(18)11-4-5-14-17(11)10(2)13(19)20/h4-5,10H,3,6-9H2,1-2H3,(H,19,20). The number of hydrogen-bond donors (Lipinski definition) is 1. The van der Waals surface area contributed by atoms with Crippen LogP contribution in [-0.2, 0) is 14.8 Å². The maximum absolute atomic E-state index is 12.5. The number of piperazine rings is 1. The lowest BCUT2D eigenvalue weighted by Crippen LogP contribution is -2.51. The number of carbonyl (C=O) groups is 2.